The molecular formula is C20H19ClN4S. The Bertz CT molecular complexity index is 1110. The van der Waals surface area contributed by atoms with Gasteiger partial charge in [0.05, 0.1) is 9.21 Å². The van der Waals surface area contributed by atoms with Gasteiger partial charge in [0.2, 0.25) is 5.78 Å². The number of benzene rings is 1. The van der Waals surface area contributed by atoms with Crippen LogP contribution in [0.5, 0.6) is 0 Å². The van der Waals surface area contributed by atoms with Crippen molar-refractivity contribution < 1.29 is 0 Å². The zero-order valence-electron chi connectivity index (χ0n) is 15.1. The predicted molar refractivity (Wildman–Crippen MR) is 110 cm³/mol. The molecule has 0 aliphatic rings. The normalized spacial score (nSPS) is 11.3. The molecule has 0 aliphatic carbocycles. The highest BCUT2D eigenvalue weighted by Gasteiger charge is 2.19. The lowest BCUT2D eigenvalue weighted by atomic mass is 10.1. The summed E-state index contributed by atoms with van der Waals surface area (Å²) < 4.78 is 2.82. The van der Waals surface area contributed by atoms with E-state index in [0.29, 0.717) is 5.78 Å². The lowest BCUT2D eigenvalue weighted by Crippen LogP contribution is -2.03. The van der Waals surface area contributed by atoms with Gasteiger partial charge in [-0.1, -0.05) is 29.8 Å². The van der Waals surface area contributed by atoms with E-state index in [4.69, 9.17) is 16.6 Å². The Morgan fingerprint density at radius 3 is 2.38 bits per heavy atom. The van der Waals surface area contributed by atoms with E-state index in [0.717, 1.165) is 37.8 Å². The maximum atomic E-state index is 6.18. The standard InChI is InChI=1S/C20H19ClN4S/c1-11-6-5-7-12(2)17(11)23-19-18(15-8-9-16(21)26-15)24-20-22-13(3)10-14(4)25(19)20/h5-10,23H,1-4H3. The first kappa shape index (κ1) is 17.1. The second-order valence-corrected chi connectivity index (χ2v) is 8.19. The number of hydrogen-bond acceptors (Lipinski definition) is 4. The van der Waals surface area contributed by atoms with Gasteiger partial charge < -0.3 is 5.32 Å². The molecule has 1 aromatic carbocycles. The summed E-state index contributed by atoms with van der Waals surface area (Å²) in [6.45, 7) is 8.28. The summed E-state index contributed by atoms with van der Waals surface area (Å²) in [4.78, 5) is 10.5. The lowest BCUT2D eigenvalue weighted by Gasteiger charge is -2.14. The minimum atomic E-state index is 0.691. The molecular weight excluding hydrogens is 364 g/mol. The molecule has 4 aromatic rings. The zero-order valence-corrected chi connectivity index (χ0v) is 16.7. The Hall–Kier alpha value is -2.37. The van der Waals surface area contributed by atoms with Crippen LogP contribution in [-0.4, -0.2) is 14.4 Å². The molecule has 3 heterocycles. The summed E-state index contributed by atoms with van der Waals surface area (Å²) >= 11 is 7.70. The van der Waals surface area contributed by atoms with Crippen LogP contribution in [0.3, 0.4) is 0 Å². The van der Waals surface area contributed by atoms with Crippen LogP contribution < -0.4 is 5.32 Å². The molecule has 0 saturated heterocycles. The highest BCUT2D eigenvalue weighted by Crippen LogP contribution is 2.38. The lowest BCUT2D eigenvalue weighted by molar-refractivity contribution is 1.02. The van der Waals surface area contributed by atoms with Crippen molar-refractivity contribution in [3.8, 4) is 10.6 Å². The molecule has 0 spiro atoms. The smallest absolute Gasteiger partial charge is 0.236 e. The van der Waals surface area contributed by atoms with Crippen molar-refractivity contribution in [2.75, 3.05) is 5.32 Å². The topological polar surface area (TPSA) is 42.2 Å². The molecule has 132 valence electrons. The van der Waals surface area contributed by atoms with Crippen molar-refractivity contribution in [3.63, 3.8) is 0 Å². The summed E-state index contributed by atoms with van der Waals surface area (Å²) in [5, 5.41) is 3.62. The average molecular weight is 383 g/mol. The molecule has 0 unspecified atom stereocenters. The van der Waals surface area contributed by atoms with Gasteiger partial charge in [-0.2, -0.15) is 0 Å². The maximum Gasteiger partial charge on any atom is 0.236 e. The SMILES string of the molecule is Cc1cc(C)n2c(Nc3c(C)cccc3C)c(-c3ccc(Cl)s3)nc2n1. The molecule has 26 heavy (non-hydrogen) atoms. The van der Waals surface area contributed by atoms with E-state index in [-0.39, 0.29) is 0 Å². The van der Waals surface area contributed by atoms with Crippen LogP contribution in [-0.2, 0) is 0 Å². The molecule has 0 bridgehead atoms. The fraction of sp³-hybridized carbons (Fsp3) is 0.200. The largest absolute Gasteiger partial charge is 0.339 e. The molecule has 0 radical (unpaired) electrons. The Morgan fingerprint density at radius 1 is 1.00 bits per heavy atom. The van der Waals surface area contributed by atoms with Crippen molar-refractivity contribution in [1.82, 2.24) is 14.4 Å². The molecule has 1 N–H and O–H groups in total. The number of para-hydroxylation sites is 1. The number of anilines is 2. The minimum absolute atomic E-state index is 0.691. The first-order valence-electron chi connectivity index (χ1n) is 8.39. The van der Waals surface area contributed by atoms with E-state index in [1.807, 2.05) is 19.1 Å². The zero-order chi connectivity index (χ0) is 18.4. The number of fused-ring (bicyclic) bond motifs is 1. The number of aryl methyl sites for hydroxylation is 4. The van der Waals surface area contributed by atoms with E-state index < -0.39 is 0 Å². The van der Waals surface area contributed by atoms with Gasteiger partial charge in [-0.05, 0) is 57.0 Å². The van der Waals surface area contributed by atoms with Crippen molar-refractivity contribution in [3.05, 3.63) is 63.2 Å². The quantitative estimate of drug-likeness (QED) is 0.466. The van der Waals surface area contributed by atoms with Crippen LogP contribution in [0.4, 0.5) is 11.5 Å². The van der Waals surface area contributed by atoms with E-state index in [1.54, 1.807) is 0 Å². The van der Waals surface area contributed by atoms with Gasteiger partial charge in [0.1, 0.15) is 11.5 Å². The molecule has 0 amide bonds. The second kappa shape index (κ2) is 6.41. The van der Waals surface area contributed by atoms with Crippen LogP contribution in [0.25, 0.3) is 16.3 Å². The number of imidazole rings is 1. The third-order valence-electron chi connectivity index (χ3n) is 4.44. The van der Waals surface area contributed by atoms with E-state index in [1.165, 1.54) is 22.5 Å². The highest BCUT2D eigenvalue weighted by molar-refractivity contribution is 7.19. The van der Waals surface area contributed by atoms with Gasteiger partial charge in [0.25, 0.3) is 0 Å². The minimum Gasteiger partial charge on any atom is -0.339 e. The molecule has 0 saturated carbocycles. The molecule has 4 nitrogen and oxygen atoms in total. The van der Waals surface area contributed by atoms with Crippen LogP contribution >= 0.6 is 22.9 Å². The fourth-order valence-corrected chi connectivity index (χ4v) is 4.27. The molecule has 4 rings (SSSR count). The van der Waals surface area contributed by atoms with Gasteiger partial charge in [0.15, 0.2) is 0 Å². The van der Waals surface area contributed by atoms with Crippen LogP contribution in [0.15, 0.2) is 36.4 Å². The summed E-state index contributed by atoms with van der Waals surface area (Å²) in [6, 6.07) is 12.3. The number of thiophene rings is 1. The third kappa shape index (κ3) is 2.87. The van der Waals surface area contributed by atoms with Gasteiger partial charge in [-0.25, -0.2) is 9.97 Å². The Balaban J connectivity index is 1.99. The number of aromatic nitrogens is 3. The fourth-order valence-electron chi connectivity index (χ4n) is 3.23. The Labute approximate surface area is 161 Å². The van der Waals surface area contributed by atoms with Crippen molar-refractivity contribution >= 4 is 40.2 Å². The number of hydrogen-bond donors (Lipinski definition) is 1. The molecule has 6 heteroatoms. The summed E-state index contributed by atoms with van der Waals surface area (Å²) in [6.07, 6.45) is 0. The number of halogens is 1. The van der Waals surface area contributed by atoms with Crippen LogP contribution in [0, 0.1) is 27.7 Å². The summed E-state index contributed by atoms with van der Waals surface area (Å²) in [7, 11) is 0. The van der Waals surface area contributed by atoms with Crippen molar-refractivity contribution in [2.24, 2.45) is 0 Å². The van der Waals surface area contributed by atoms with Gasteiger partial charge in [-0.15, -0.1) is 11.3 Å². The summed E-state index contributed by atoms with van der Waals surface area (Å²) in [5.74, 6) is 1.61. The number of nitrogens with one attached hydrogen (secondary N) is 1. The first-order valence-corrected chi connectivity index (χ1v) is 9.59. The predicted octanol–water partition coefficient (Wildman–Crippen LogP) is 6.09. The number of rotatable bonds is 3. The van der Waals surface area contributed by atoms with Crippen LogP contribution in [0.2, 0.25) is 4.34 Å². The van der Waals surface area contributed by atoms with Crippen molar-refractivity contribution in [1.29, 1.82) is 0 Å². The van der Waals surface area contributed by atoms with Gasteiger partial charge >= 0.3 is 0 Å². The second-order valence-electron chi connectivity index (χ2n) is 6.48. The number of nitrogens with zero attached hydrogens (tertiary/aromatic N) is 3. The van der Waals surface area contributed by atoms with Crippen molar-refractivity contribution in [2.45, 2.75) is 27.7 Å². The molecule has 3 aromatic heterocycles. The molecule has 0 fully saturated rings. The first-order chi connectivity index (χ1) is 12.4. The van der Waals surface area contributed by atoms with E-state index in [9.17, 15) is 0 Å². The van der Waals surface area contributed by atoms with Gasteiger partial charge in [0, 0.05) is 17.1 Å². The third-order valence-corrected chi connectivity index (χ3v) is 5.68. The van der Waals surface area contributed by atoms with Crippen LogP contribution in [0.1, 0.15) is 22.5 Å². The Morgan fingerprint density at radius 2 is 1.73 bits per heavy atom. The monoisotopic (exact) mass is 382 g/mol. The maximum absolute atomic E-state index is 6.18. The van der Waals surface area contributed by atoms with E-state index in [2.05, 4.69) is 59.7 Å². The molecule has 0 atom stereocenters. The van der Waals surface area contributed by atoms with E-state index >= 15 is 0 Å². The summed E-state index contributed by atoms with van der Waals surface area (Å²) in [5.41, 5.74) is 6.38. The molecule has 0 aliphatic heterocycles. The average Bonchev–Trinajstić information content (AvgIpc) is 3.14. The highest BCUT2D eigenvalue weighted by atomic mass is 35.5. The Kier molecular flexibility index (Phi) is 4.21. The van der Waals surface area contributed by atoms with Gasteiger partial charge in [-0.3, -0.25) is 4.40 Å².